The highest BCUT2D eigenvalue weighted by molar-refractivity contribution is 9.10. The molecule has 0 saturated heterocycles. The Labute approximate surface area is 87.1 Å². The van der Waals surface area contributed by atoms with E-state index in [9.17, 15) is 0 Å². The first-order valence-corrected chi connectivity index (χ1v) is 5.09. The van der Waals surface area contributed by atoms with E-state index in [1.807, 2.05) is 12.1 Å². The van der Waals surface area contributed by atoms with Crippen LogP contribution in [-0.2, 0) is 6.54 Å². The molecule has 2 nitrogen and oxygen atoms in total. The highest BCUT2D eigenvalue weighted by Crippen LogP contribution is 2.25. The normalized spacial score (nSPS) is 10.8. The lowest BCUT2D eigenvalue weighted by Crippen LogP contribution is -2.06. The van der Waals surface area contributed by atoms with Crippen LogP contribution in [0.2, 0.25) is 0 Å². The molecular weight excluding hydrogens is 230 g/mol. The summed E-state index contributed by atoms with van der Waals surface area (Å²) in [5.74, 6) is 0.519. The van der Waals surface area contributed by atoms with E-state index in [2.05, 4.69) is 41.3 Å². The van der Waals surface area contributed by atoms with Gasteiger partial charge in [0.2, 0.25) is 0 Å². The average molecular weight is 244 g/mol. The lowest BCUT2D eigenvalue weighted by atomic mass is 10.0. The van der Waals surface area contributed by atoms with Gasteiger partial charge >= 0.3 is 0 Å². The van der Waals surface area contributed by atoms with Crippen molar-refractivity contribution in [2.45, 2.75) is 26.3 Å². The number of rotatable bonds is 3. The zero-order valence-electron chi connectivity index (χ0n) is 7.84. The maximum Gasteiger partial charge on any atom is 0.0458 e. The van der Waals surface area contributed by atoms with Crippen LogP contribution in [0.3, 0.4) is 0 Å². The second-order valence-electron chi connectivity index (χ2n) is 3.35. The molecule has 0 spiro atoms. The quantitative estimate of drug-likeness (QED) is 0.801. The molecule has 3 heteroatoms. The molecule has 0 atom stereocenters. The fraction of sp³-hybridized carbons (Fsp3) is 0.400. The first kappa shape index (κ1) is 10.7. The van der Waals surface area contributed by atoms with Crippen LogP contribution in [0.5, 0.6) is 0 Å². The van der Waals surface area contributed by atoms with Crippen molar-refractivity contribution in [2.75, 3.05) is 0 Å². The van der Waals surface area contributed by atoms with Crippen LogP contribution in [0.25, 0.3) is 0 Å². The van der Waals surface area contributed by atoms with Crippen molar-refractivity contribution in [1.29, 1.82) is 0 Å². The molecule has 0 unspecified atom stereocenters. The third-order valence-electron chi connectivity index (χ3n) is 1.97. The zero-order valence-corrected chi connectivity index (χ0v) is 9.43. The van der Waals surface area contributed by atoms with E-state index in [1.54, 1.807) is 0 Å². The molecule has 0 aromatic heterocycles. The third-order valence-corrected chi connectivity index (χ3v) is 2.66. The summed E-state index contributed by atoms with van der Waals surface area (Å²) in [6.45, 7) is 4.80. The molecule has 0 fully saturated rings. The SMILES string of the molecule is CC(C)c1ccc(CNO)cc1Br. The average Bonchev–Trinajstić information content (AvgIpc) is 2.04. The predicted octanol–water partition coefficient (Wildman–Crippen LogP) is 3.05. The second-order valence-corrected chi connectivity index (χ2v) is 4.20. The van der Waals surface area contributed by atoms with E-state index in [1.165, 1.54) is 5.56 Å². The predicted molar refractivity (Wildman–Crippen MR) is 56.9 cm³/mol. The number of nitrogens with one attached hydrogen (secondary N) is 1. The Balaban J connectivity index is 2.92. The van der Waals surface area contributed by atoms with Crippen LogP contribution in [0.4, 0.5) is 0 Å². The summed E-state index contributed by atoms with van der Waals surface area (Å²) in [5, 5.41) is 8.52. The fourth-order valence-corrected chi connectivity index (χ4v) is 2.12. The van der Waals surface area contributed by atoms with Crippen molar-refractivity contribution in [3.63, 3.8) is 0 Å². The van der Waals surface area contributed by atoms with E-state index in [0.29, 0.717) is 12.5 Å². The minimum absolute atomic E-state index is 0.483. The largest absolute Gasteiger partial charge is 0.316 e. The molecule has 0 heterocycles. The fourth-order valence-electron chi connectivity index (χ4n) is 1.24. The van der Waals surface area contributed by atoms with Crippen molar-refractivity contribution in [3.05, 3.63) is 33.8 Å². The maximum atomic E-state index is 8.52. The molecule has 1 rings (SSSR count). The third kappa shape index (κ3) is 2.79. The maximum absolute atomic E-state index is 8.52. The molecule has 2 N–H and O–H groups in total. The lowest BCUT2D eigenvalue weighted by molar-refractivity contribution is 0.161. The van der Waals surface area contributed by atoms with Gasteiger partial charge in [0, 0.05) is 11.0 Å². The highest BCUT2D eigenvalue weighted by atomic mass is 79.9. The van der Waals surface area contributed by atoms with Crippen molar-refractivity contribution in [2.24, 2.45) is 0 Å². The van der Waals surface area contributed by atoms with Gasteiger partial charge in [0.1, 0.15) is 0 Å². The molecule has 1 aromatic carbocycles. The Morgan fingerprint density at radius 2 is 2.15 bits per heavy atom. The van der Waals surface area contributed by atoms with Gasteiger partial charge in [-0.25, -0.2) is 5.48 Å². The molecular formula is C10H14BrNO. The number of hydroxylamine groups is 1. The van der Waals surface area contributed by atoms with Gasteiger partial charge in [-0.15, -0.1) is 0 Å². The van der Waals surface area contributed by atoms with Crippen molar-refractivity contribution in [1.82, 2.24) is 5.48 Å². The molecule has 0 amide bonds. The van der Waals surface area contributed by atoms with Gasteiger partial charge in [-0.1, -0.05) is 41.9 Å². The van der Waals surface area contributed by atoms with Crippen LogP contribution >= 0.6 is 15.9 Å². The van der Waals surface area contributed by atoms with E-state index in [-0.39, 0.29) is 0 Å². The van der Waals surface area contributed by atoms with Gasteiger partial charge in [0.15, 0.2) is 0 Å². The minimum atomic E-state index is 0.483. The highest BCUT2D eigenvalue weighted by Gasteiger charge is 2.04. The van der Waals surface area contributed by atoms with Gasteiger partial charge in [-0.05, 0) is 23.1 Å². The molecule has 0 aliphatic carbocycles. The number of halogens is 1. The minimum Gasteiger partial charge on any atom is -0.316 e. The van der Waals surface area contributed by atoms with Crippen molar-refractivity contribution in [3.8, 4) is 0 Å². The van der Waals surface area contributed by atoms with Gasteiger partial charge in [0.05, 0.1) is 0 Å². The molecule has 0 aliphatic heterocycles. The summed E-state index contributed by atoms with van der Waals surface area (Å²) < 4.78 is 1.11. The Bertz CT molecular complexity index is 286. The Morgan fingerprint density at radius 1 is 1.46 bits per heavy atom. The van der Waals surface area contributed by atoms with Crippen LogP contribution in [0.15, 0.2) is 22.7 Å². The van der Waals surface area contributed by atoms with E-state index in [0.717, 1.165) is 10.0 Å². The van der Waals surface area contributed by atoms with Crippen LogP contribution in [0, 0.1) is 0 Å². The van der Waals surface area contributed by atoms with Crippen molar-refractivity contribution >= 4 is 15.9 Å². The van der Waals surface area contributed by atoms with Crippen LogP contribution in [-0.4, -0.2) is 5.21 Å². The smallest absolute Gasteiger partial charge is 0.0458 e. The molecule has 72 valence electrons. The molecule has 0 bridgehead atoms. The molecule has 0 radical (unpaired) electrons. The zero-order chi connectivity index (χ0) is 9.84. The summed E-state index contributed by atoms with van der Waals surface area (Å²) >= 11 is 3.51. The Morgan fingerprint density at radius 3 is 2.62 bits per heavy atom. The summed E-state index contributed by atoms with van der Waals surface area (Å²) in [6.07, 6.45) is 0. The Hall–Kier alpha value is -0.380. The van der Waals surface area contributed by atoms with E-state index >= 15 is 0 Å². The first-order chi connectivity index (χ1) is 6.15. The van der Waals surface area contributed by atoms with Gasteiger partial charge in [-0.3, -0.25) is 0 Å². The Kier molecular flexibility index (Phi) is 3.90. The lowest BCUT2D eigenvalue weighted by Gasteiger charge is -2.09. The van der Waals surface area contributed by atoms with Gasteiger partial charge < -0.3 is 5.21 Å². The number of benzene rings is 1. The monoisotopic (exact) mass is 243 g/mol. The van der Waals surface area contributed by atoms with E-state index in [4.69, 9.17) is 5.21 Å². The van der Waals surface area contributed by atoms with Gasteiger partial charge in [0.25, 0.3) is 0 Å². The van der Waals surface area contributed by atoms with E-state index < -0.39 is 0 Å². The summed E-state index contributed by atoms with van der Waals surface area (Å²) in [7, 11) is 0. The summed E-state index contributed by atoms with van der Waals surface area (Å²) in [6, 6.07) is 6.13. The molecule has 1 aromatic rings. The summed E-state index contributed by atoms with van der Waals surface area (Å²) in [4.78, 5) is 0. The molecule has 0 saturated carbocycles. The van der Waals surface area contributed by atoms with Crippen LogP contribution in [0.1, 0.15) is 30.9 Å². The summed E-state index contributed by atoms with van der Waals surface area (Å²) in [5.41, 5.74) is 4.50. The van der Waals surface area contributed by atoms with Crippen LogP contribution < -0.4 is 5.48 Å². The first-order valence-electron chi connectivity index (χ1n) is 4.30. The second kappa shape index (κ2) is 4.74. The van der Waals surface area contributed by atoms with Crippen molar-refractivity contribution < 1.29 is 5.21 Å². The standard InChI is InChI=1S/C10H14BrNO/c1-7(2)9-4-3-8(6-12-13)5-10(9)11/h3-5,7,12-13H,6H2,1-2H3. The topological polar surface area (TPSA) is 32.3 Å². The number of hydrogen-bond acceptors (Lipinski definition) is 2. The molecule has 13 heavy (non-hydrogen) atoms. The molecule has 0 aliphatic rings. The number of hydrogen-bond donors (Lipinski definition) is 2. The van der Waals surface area contributed by atoms with Gasteiger partial charge in [-0.2, -0.15) is 0 Å².